The molecule has 1 aliphatic heterocycles. The molecular weight excluding hydrogens is 476 g/mol. The molecule has 2 heterocycles. The first kappa shape index (κ1) is 21.3. The summed E-state index contributed by atoms with van der Waals surface area (Å²) in [6.45, 7) is 3.15. The summed E-state index contributed by atoms with van der Waals surface area (Å²) >= 11 is 4.43. The fourth-order valence-electron chi connectivity index (χ4n) is 3.36. The van der Waals surface area contributed by atoms with Crippen LogP contribution in [0, 0.1) is 19.3 Å². The van der Waals surface area contributed by atoms with Gasteiger partial charge in [-0.15, -0.1) is 6.42 Å². The molecule has 0 saturated carbocycles. The number of hydrogen-bond acceptors (Lipinski definition) is 4. The summed E-state index contributed by atoms with van der Waals surface area (Å²) in [5.74, 6) is 2.83. The van der Waals surface area contributed by atoms with E-state index in [1.165, 1.54) is 5.56 Å². The molecule has 4 rings (SSSR count). The lowest BCUT2D eigenvalue weighted by Crippen LogP contribution is -2.28. The van der Waals surface area contributed by atoms with Gasteiger partial charge >= 0.3 is 0 Å². The molecule has 0 bridgehead atoms. The monoisotopic (exact) mass is 494 g/mol. The van der Waals surface area contributed by atoms with Crippen LogP contribution < -0.4 is 4.74 Å². The molecule has 31 heavy (non-hydrogen) atoms. The summed E-state index contributed by atoms with van der Waals surface area (Å²) in [4.78, 5) is 26.1. The van der Waals surface area contributed by atoms with Crippen LogP contribution in [0.5, 0.6) is 5.75 Å². The molecule has 156 valence electrons. The molecule has 1 saturated heterocycles. The topological polar surface area (TPSA) is 51.5 Å². The zero-order valence-electron chi connectivity index (χ0n) is 16.8. The maximum atomic E-state index is 12.6. The van der Waals surface area contributed by atoms with Crippen molar-refractivity contribution in [1.82, 2.24) is 9.47 Å². The predicted molar refractivity (Wildman–Crippen MR) is 128 cm³/mol. The van der Waals surface area contributed by atoms with Crippen molar-refractivity contribution in [3.05, 3.63) is 69.2 Å². The Hall–Kier alpha value is -2.95. The second-order valence-corrected chi connectivity index (χ2v) is 8.98. The number of carbonyl (C=O) groups excluding carboxylic acids is 2. The summed E-state index contributed by atoms with van der Waals surface area (Å²) in [7, 11) is 0. The number of nitrogens with zero attached hydrogens (tertiary/aromatic N) is 2. The average Bonchev–Trinajstić information content (AvgIpc) is 3.21. The van der Waals surface area contributed by atoms with E-state index in [0.29, 0.717) is 18.1 Å². The number of ether oxygens (including phenoxy) is 1. The van der Waals surface area contributed by atoms with Gasteiger partial charge in [-0.3, -0.25) is 14.5 Å². The number of halogens is 1. The van der Waals surface area contributed by atoms with Gasteiger partial charge in [-0.1, -0.05) is 39.5 Å². The zero-order valence-corrected chi connectivity index (χ0v) is 19.2. The lowest BCUT2D eigenvalue weighted by Gasteiger charge is -2.08. The number of imide groups is 1. The number of amides is 2. The fraction of sp³-hybridized carbons (Fsp3) is 0.167. The minimum Gasteiger partial charge on any atom is -0.492 e. The number of benzene rings is 2. The molecule has 1 aromatic heterocycles. The van der Waals surface area contributed by atoms with Crippen molar-refractivity contribution >= 4 is 55.8 Å². The van der Waals surface area contributed by atoms with Crippen molar-refractivity contribution in [3.8, 4) is 18.1 Å². The van der Waals surface area contributed by atoms with Crippen LogP contribution >= 0.6 is 27.7 Å². The van der Waals surface area contributed by atoms with Gasteiger partial charge in [-0.25, -0.2) is 0 Å². The molecule has 0 atom stereocenters. The van der Waals surface area contributed by atoms with E-state index < -0.39 is 0 Å². The van der Waals surface area contributed by atoms with Crippen molar-refractivity contribution in [2.45, 2.75) is 13.5 Å². The van der Waals surface area contributed by atoms with Gasteiger partial charge in [0.1, 0.15) is 12.4 Å². The lowest BCUT2D eigenvalue weighted by molar-refractivity contribution is -0.122. The van der Waals surface area contributed by atoms with Gasteiger partial charge in [-0.05, 0) is 55.1 Å². The van der Waals surface area contributed by atoms with Crippen LogP contribution in [-0.4, -0.2) is 33.8 Å². The second kappa shape index (κ2) is 9.04. The van der Waals surface area contributed by atoms with Crippen LogP contribution in [0.3, 0.4) is 0 Å². The Morgan fingerprint density at radius 2 is 1.97 bits per heavy atom. The van der Waals surface area contributed by atoms with Gasteiger partial charge in [0, 0.05) is 27.1 Å². The summed E-state index contributed by atoms with van der Waals surface area (Å²) in [6, 6.07) is 13.9. The largest absolute Gasteiger partial charge is 0.492 e. The number of terminal acetylenes is 1. The first-order chi connectivity index (χ1) is 15.0. The number of aromatic nitrogens is 1. The van der Waals surface area contributed by atoms with E-state index >= 15 is 0 Å². The molecule has 1 aliphatic rings. The fourth-order valence-corrected chi connectivity index (χ4v) is 4.55. The van der Waals surface area contributed by atoms with E-state index in [9.17, 15) is 9.59 Å². The SMILES string of the molecule is C#CCN1C(=O)S/C(=C\c2cn(CCOc3ccc(C)cc3)c3ccc(Br)cc23)C1=O. The van der Waals surface area contributed by atoms with Crippen LogP contribution in [0.1, 0.15) is 11.1 Å². The van der Waals surface area contributed by atoms with E-state index in [1.807, 2.05) is 55.6 Å². The van der Waals surface area contributed by atoms with E-state index in [-0.39, 0.29) is 17.7 Å². The summed E-state index contributed by atoms with van der Waals surface area (Å²) < 4.78 is 8.90. The van der Waals surface area contributed by atoms with Crippen LogP contribution in [0.4, 0.5) is 4.79 Å². The van der Waals surface area contributed by atoms with E-state index in [4.69, 9.17) is 11.2 Å². The highest BCUT2D eigenvalue weighted by Crippen LogP contribution is 2.34. The third kappa shape index (κ3) is 4.55. The highest BCUT2D eigenvalue weighted by Gasteiger charge is 2.34. The number of rotatable bonds is 6. The Balaban J connectivity index is 1.60. The van der Waals surface area contributed by atoms with Gasteiger partial charge in [-0.2, -0.15) is 0 Å². The molecule has 7 heteroatoms. The van der Waals surface area contributed by atoms with Crippen molar-refractivity contribution < 1.29 is 14.3 Å². The Morgan fingerprint density at radius 3 is 2.71 bits per heavy atom. The van der Waals surface area contributed by atoms with Crippen molar-refractivity contribution in [3.63, 3.8) is 0 Å². The standard InChI is InChI=1S/C24H19BrN2O3S/c1-3-10-27-23(28)22(31-24(27)29)13-17-15-26(21-9-6-18(25)14-20(17)21)11-12-30-19-7-4-16(2)5-8-19/h1,4-9,13-15H,10-12H2,2H3/b22-13-. The molecule has 2 amide bonds. The predicted octanol–water partition coefficient (Wildman–Crippen LogP) is 5.46. The zero-order chi connectivity index (χ0) is 22.0. The van der Waals surface area contributed by atoms with Crippen LogP contribution in [0.25, 0.3) is 17.0 Å². The minimum atomic E-state index is -0.355. The first-order valence-electron chi connectivity index (χ1n) is 9.63. The highest BCUT2D eigenvalue weighted by molar-refractivity contribution is 9.10. The molecule has 1 fully saturated rings. The van der Waals surface area contributed by atoms with E-state index in [0.717, 1.165) is 43.4 Å². The summed E-state index contributed by atoms with van der Waals surface area (Å²) in [5, 5.41) is 0.638. The smallest absolute Gasteiger partial charge is 0.294 e. The molecule has 2 aromatic carbocycles. The molecule has 0 aliphatic carbocycles. The molecule has 3 aromatic rings. The van der Waals surface area contributed by atoms with Gasteiger partial charge in [0.15, 0.2) is 0 Å². The van der Waals surface area contributed by atoms with Crippen molar-refractivity contribution in [1.29, 1.82) is 0 Å². The normalized spacial score (nSPS) is 15.1. The second-order valence-electron chi connectivity index (χ2n) is 7.07. The number of thioether (sulfide) groups is 1. The Kier molecular flexibility index (Phi) is 6.21. The van der Waals surface area contributed by atoms with Crippen molar-refractivity contribution in [2.75, 3.05) is 13.2 Å². The summed E-state index contributed by atoms with van der Waals surface area (Å²) in [5.41, 5.74) is 3.06. The quantitative estimate of drug-likeness (QED) is 0.337. The highest BCUT2D eigenvalue weighted by atomic mass is 79.9. The molecule has 0 spiro atoms. The number of carbonyl (C=O) groups is 2. The van der Waals surface area contributed by atoms with Crippen LogP contribution in [-0.2, 0) is 11.3 Å². The third-order valence-corrected chi connectivity index (χ3v) is 6.31. The molecule has 0 radical (unpaired) electrons. The molecule has 5 nitrogen and oxygen atoms in total. The molecule has 0 N–H and O–H groups in total. The number of fused-ring (bicyclic) bond motifs is 1. The maximum absolute atomic E-state index is 12.6. The van der Waals surface area contributed by atoms with Gasteiger partial charge in [0.2, 0.25) is 0 Å². The number of aryl methyl sites for hydroxylation is 1. The Morgan fingerprint density at radius 1 is 1.19 bits per heavy atom. The van der Waals surface area contributed by atoms with E-state index in [2.05, 4.69) is 26.4 Å². The van der Waals surface area contributed by atoms with Gasteiger partial charge in [0.25, 0.3) is 11.1 Å². The van der Waals surface area contributed by atoms with Gasteiger partial charge < -0.3 is 9.30 Å². The first-order valence-corrected chi connectivity index (χ1v) is 11.2. The lowest BCUT2D eigenvalue weighted by atomic mass is 10.1. The van der Waals surface area contributed by atoms with Crippen molar-refractivity contribution in [2.24, 2.45) is 0 Å². The average molecular weight is 495 g/mol. The molecule has 0 unspecified atom stereocenters. The summed E-state index contributed by atoms with van der Waals surface area (Å²) in [6.07, 6.45) is 9.01. The maximum Gasteiger partial charge on any atom is 0.294 e. The molecular formula is C24H19BrN2O3S. The number of hydrogen-bond donors (Lipinski definition) is 0. The minimum absolute atomic E-state index is 0.0222. The van der Waals surface area contributed by atoms with E-state index in [1.54, 1.807) is 6.08 Å². The third-order valence-electron chi connectivity index (χ3n) is 4.91. The Bertz CT molecular complexity index is 1240. The van der Waals surface area contributed by atoms with Gasteiger partial charge in [0.05, 0.1) is 18.0 Å². The van der Waals surface area contributed by atoms with Crippen LogP contribution in [0.15, 0.2) is 58.0 Å². The Labute approximate surface area is 193 Å². The van der Waals surface area contributed by atoms with Crippen LogP contribution in [0.2, 0.25) is 0 Å².